The summed E-state index contributed by atoms with van der Waals surface area (Å²) >= 11 is 3.08. The molecule has 0 aliphatic carbocycles. The van der Waals surface area contributed by atoms with E-state index in [1.165, 1.54) is 31.3 Å². The van der Waals surface area contributed by atoms with Crippen molar-refractivity contribution in [1.82, 2.24) is 4.57 Å². The summed E-state index contributed by atoms with van der Waals surface area (Å²) in [5.74, 6) is -0.954. The van der Waals surface area contributed by atoms with Gasteiger partial charge in [-0.25, -0.2) is 0 Å². The maximum atomic E-state index is 12.5. The second-order valence-corrected chi connectivity index (χ2v) is 6.78. The number of benzene rings is 1. The zero-order valence-corrected chi connectivity index (χ0v) is 13.6. The molecule has 0 bridgehead atoms. The molecule has 0 saturated heterocycles. The third-order valence-corrected chi connectivity index (χ3v) is 4.34. The molecule has 23 heavy (non-hydrogen) atoms. The van der Waals surface area contributed by atoms with Crippen LogP contribution in [0.2, 0.25) is 0 Å². The molecule has 1 aromatic carbocycles. The zero-order valence-electron chi connectivity index (χ0n) is 11.2. The van der Waals surface area contributed by atoms with Crippen LogP contribution in [0.5, 0.6) is 5.75 Å². The van der Waals surface area contributed by atoms with Crippen molar-refractivity contribution in [2.24, 2.45) is 7.05 Å². The molecule has 2 rings (SSSR count). The molecule has 0 radical (unpaired) electrons. The van der Waals surface area contributed by atoms with Gasteiger partial charge in [0, 0.05) is 16.9 Å². The molecule has 1 aromatic heterocycles. The van der Waals surface area contributed by atoms with E-state index >= 15 is 0 Å². The van der Waals surface area contributed by atoms with E-state index < -0.39 is 32.5 Å². The average molecular weight is 411 g/mol. The SMILES string of the molecule is Cn1c(=O)c(C#N)c(OS(=O)(=O)C(F)(F)F)c2cc(Br)ccc21. The minimum atomic E-state index is -6.03. The number of halogens is 4. The smallest absolute Gasteiger partial charge is 0.374 e. The van der Waals surface area contributed by atoms with E-state index in [2.05, 4.69) is 20.1 Å². The molecular formula is C12H6BrF3N2O4S. The number of fused-ring (bicyclic) bond motifs is 1. The first kappa shape index (κ1) is 17.3. The predicted octanol–water partition coefficient (Wildman–Crippen LogP) is 2.40. The molecule has 122 valence electrons. The number of aryl methyl sites for hydroxylation is 1. The summed E-state index contributed by atoms with van der Waals surface area (Å²) in [4.78, 5) is 12.0. The second-order valence-electron chi connectivity index (χ2n) is 4.32. The van der Waals surface area contributed by atoms with E-state index in [9.17, 15) is 26.4 Å². The first-order chi connectivity index (χ1) is 10.5. The first-order valence-corrected chi connectivity index (χ1v) is 7.93. The standard InChI is InChI=1S/C12H6BrF3N2O4S/c1-18-9-3-2-6(13)4-7(9)10(8(5-17)11(18)19)22-23(20,21)12(14,15)16/h2-4H,1H3. The van der Waals surface area contributed by atoms with Crippen LogP contribution in [0.4, 0.5) is 13.2 Å². The monoisotopic (exact) mass is 410 g/mol. The Hall–Kier alpha value is -2.06. The fraction of sp³-hybridized carbons (Fsp3) is 0.167. The second kappa shape index (κ2) is 5.54. The largest absolute Gasteiger partial charge is 0.534 e. The summed E-state index contributed by atoms with van der Waals surface area (Å²) in [5, 5.41) is 8.89. The van der Waals surface area contributed by atoms with Gasteiger partial charge in [-0.1, -0.05) is 15.9 Å². The molecule has 0 amide bonds. The van der Waals surface area contributed by atoms with Gasteiger partial charge in [-0.3, -0.25) is 4.79 Å². The molecule has 0 unspecified atom stereocenters. The van der Waals surface area contributed by atoms with Gasteiger partial charge < -0.3 is 8.75 Å². The topological polar surface area (TPSA) is 89.2 Å². The van der Waals surface area contributed by atoms with Crippen molar-refractivity contribution in [3.63, 3.8) is 0 Å². The third-order valence-electron chi connectivity index (χ3n) is 2.90. The van der Waals surface area contributed by atoms with Crippen LogP contribution in [0.1, 0.15) is 5.56 Å². The summed E-state index contributed by atoms with van der Waals surface area (Å²) in [7, 11) is -4.74. The lowest BCUT2D eigenvalue weighted by molar-refractivity contribution is -0.0499. The maximum Gasteiger partial charge on any atom is 0.534 e. The quantitative estimate of drug-likeness (QED) is 0.560. The number of hydrogen-bond acceptors (Lipinski definition) is 5. The predicted molar refractivity (Wildman–Crippen MR) is 77.2 cm³/mol. The molecule has 0 aliphatic rings. The minimum Gasteiger partial charge on any atom is -0.374 e. The first-order valence-electron chi connectivity index (χ1n) is 5.72. The number of nitriles is 1. The van der Waals surface area contributed by atoms with Crippen molar-refractivity contribution in [2.75, 3.05) is 0 Å². The van der Waals surface area contributed by atoms with Gasteiger partial charge in [-0.15, -0.1) is 0 Å². The number of hydrogen-bond donors (Lipinski definition) is 0. The minimum absolute atomic E-state index is 0.101. The number of rotatable bonds is 2. The van der Waals surface area contributed by atoms with Crippen molar-refractivity contribution in [1.29, 1.82) is 5.26 Å². The van der Waals surface area contributed by atoms with E-state index in [-0.39, 0.29) is 10.9 Å². The summed E-state index contributed by atoms with van der Waals surface area (Å²) in [6.45, 7) is 0. The normalized spacial score (nSPS) is 12.2. The van der Waals surface area contributed by atoms with Crippen molar-refractivity contribution < 1.29 is 25.8 Å². The third kappa shape index (κ3) is 2.91. The molecule has 0 atom stereocenters. The lowest BCUT2D eigenvalue weighted by Gasteiger charge is -2.14. The van der Waals surface area contributed by atoms with E-state index in [4.69, 9.17) is 5.26 Å². The van der Waals surface area contributed by atoms with Gasteiger partial charge in [0.15, 0.2) is 11.3 Å². The van der Waals surface area contributed by atoms with Crippen LogP contribution in [0, 0.1) is 11.3 Å². The average Bonchev–Trinajstić information content (AvgIpc) is 2.43. The van der Waals surface area contributed by atoms with Gasteiger partial charge in [-0.05, 0) is 18.2 Å². The van der Waals surface area contributed by atoms with Crippen molar-refractivity contribution in [2.45, 2.75) is 5.51 Å². The molecule has 0 N–H and O–H groups in total. The van der Waals surface area contributed by atoms with Crippen LogP contribution in [-0.2, 0) is 17.2 Å². The lowest BCUT2D eigenvalue weighted by Crippen LogP contribution is -2.30. The molecule has 11 heteroatoms. The number of alkyl halides is 3. The molecule has 0 fully saturated rings. The van der Waals surface area contributed by atoms with E-state index in [1.807, 2.05) is 0 Å². The Labute approximate surface area is 136 Å². The van der Waals surface area contributed by atoms with Gasteiger partial charge in [0.1, 0.15) is 6.07 Å². The molecule has 0 spiro atoms. The molecular weight excluding hydrogens is 405 g/mol. The highest BCUT2D eigenvalue weighted by atomic mass is 79.9. The molecule has 1 heterocycles. The van der Waals surface area contributed by atoms with Crippen LogP contribution < -0.4 is 9.74 Å². The highest BCUT2D eigenvalue weighted by Gasteiger charge is 2.49. The molecule has 0 saturated carbocycles. The van der Waals surface area contributed by atoms with E-state index in [1.54, 1.807) is 0 Å². The van der Waals surface area contributed by atoms with E-state index in [0.717, 1.165) is 4.57 Å². The lowest BCUT2D eigenvalue weighted by atomic mass is 10.1. The Morgan fingerprint density at radius 1 is 1.35 bits per heavy atom. The van der Waals surface area contributed by atoms with Gasteiger partial charge in [0.25, 0.3) is 5.56 Å². The van der Waals surface area contributed by atoms with Crippen LogP contribution in [0.3, 0.4) is 0 Å². The summed E-state index contributed by atoms with van der Waals surface area (Å²) in [5.41, 5.74) is -7.41. The number of pyridine rings is 1. The van der Waals surface area contributed by atoms with Crippen LogP contribution in [-0.4, -0.2) is 18.5 Å². The summed E-state index contributed by atoms with van der Waals surface area (Å²) in [6, 6.07) is 5.50. The number of aromatic nitrogens is 1. The van der Waals surface area contributed by atoms with Gasteiger partial charge in [0.2, 0.25) is 0 Å². The Morgan fingerprint density at radius 2 is 1.96 bits per heavy atom. The van der Waals surface area contributed by atoms with Crippen LogP contribution >= 0.6 is 15.9 Å². The van der Waals surface area contributed by atoms with Gasteiger partial charge in [-0.2, -0.15) is 26.9 Å². The Bertz CT molecular complexity index is 1010. The molecule has 0 aliphatic heterocycles. The van der Waals surface area contributed by atoms with Crippen LogP contribution in [0.15, 0.2) is 27.5 Å². The number of nitrogens with zero attached hydrogens (tertiary/aromatic N) is 2. The van der Waals surface area contributed by atoms with Crippen molar-refractivity contribution >= 4 is 37.0 Å². The van der Waals surface area contributed by atoms with Crippen molar-refractivity contribution in [3.8, 4) is 11.8 Å². The highest BCUT2D eigenvalue weighted by Crippen LogP contribution is 2.34. The summed E-state index contributed by atoms with van der Waals surface area (Å²) in [6.07, 6.45) is 0. The highest BCUT2D eigenvalue weighted by molar-refractivity contribution is 9.10. The van der Waals surface area contributed by atoms with Gasteiger partial charge >= 0.3 is 15.6 Å². The molecule has 6 nitrogen and oxygen atoms in total. The Morgan fingerprint density at radius 3 is 2.48 bits per heavy atom. The van der Waals surface area contributed by atoms with Crippen molar-refractivity contribution in [3.05, 3.63) is 38.6 Å². The van der Waals surface area contributed by atoms with Crippen LogP contribution in [0.25, 0.3) is 10.9 Å². The summed E-state index contributed by atoms with van der Waals surface area (Å²) < 4.78 is 65.5. The fourth-order valence-electron chi connectivity index (χ4n) is 1.83. The zero-order chi connectivity index (χ0) is 17.6. The van der Waals surface area contributed by atoms with E-state index in [0.29, 0.717) is 4.47 Å². The Kier molecular flexibility index (Phi) is 4.16. The fourth-order valence-corrected chi connectivity index (χ4v) is 2.68. The maximum absolute atomic E-state index is 12.5. The Balaban J connectivity index is 2.92. The van der Waals surface area contributed by atoms with Gasteiger partial charge in [0.05, 0.1) is 5.52 Å². The molecule has 2 aromatic rings.